The summed E-state index contributed by atoms with van der Waals surface area (Å²) in [5.74, 6) is -3.08. The molecule has 0 unspecified atom stereocenters. The number of aliphatic carboxylic acids is 1. The fraction of sp³-hybridized carbons (Fsp3) is 0.333. The standard InChI is InChI=1S/C3H3IO5.BH2O3.Li/c4-1-8-9-3(7)2(5)6;2-1(3)4;/h1H2,(H,5,6);2-3H;/q;-1;+1. The van der Waals surface area contributed by atoms with Crippen LogP contribution in [0, 0.1) is 0 Å². The maximum atomic E-state index is 9.95. The van der Waals surface area contributed by atoms with Crippen LogP contribution in [0.3, 0.4) is 0 Å². The van der Waals surface area contributed by atoms with Gasteiger partial charge in [-0.2, -0.15) is 4.89 Å². The average molecular weight is 314 g/mol. The summed E-state index contributed by atoms with van der Waals surface area (Å²) in [7, 11) is -2.42. The molecular formula is C3H5BILiO8. The van der Waals surface area contributed by atoms with Crippen LogP contribution in [-0.4, -0.2) is 39.0 Å². The smallest absolute Gasteiger partial charge is 0.832 e. The molecule has 0 fully saturated rings. The van der Waals surface area contributed by atoms with Gasteiger partial charge in [-0.15, -0.1) is 0 Å². The number of hydrogen-bond acceptors (Lipinski definition) is 7. The van der Waals surface area contributed by atoms with Gasteiger partial charge in [0.2, 0.25) is 0 Å². The number of halogens is 1. The maximum Gasteiger partial charge on any atom is 1.00 e. The molecule has 0 aliphatic rings. The second kappa shape index (κ2) is 13.2. The Balaban J connectivity index is -0.000000209. The van der Waals surface area contributed by atoms with Crippen molar-refractivity contribution in [2.24, 2.45) is 0 Å². The second-order valence-corrected chi connectivity index (χ2v) is 1.85. The molecule has 0 radical (unpaired) electrons. The van der Waals surface area contributed by atoms with E-state index in [2.05, 4.69) is 9.78 Å². The number of hydrogen-bond donors (Lipinski definition) is 3. The van der Waals surface area contributed by atoms with Gasteiger partial charge in [-0.05, 0) is 0 Å². The van der Waals surface area contributed by atoms with E-state index in [0.29, 0.717) is 0 Å². The van der Waals surface area contributed by atoms with Gasteiger partial charge in [0.1, 0.15) is 4.61 Å². The van der Waals surface area contributed by atoms with E-state index in [-0.39, 0.29) is 23.5 Å². The molecule has 0 rings (SSSR count). The van der Waals surface area contributed by atoms with Crippen molar-refractivity contribution < 1.29 is 58.4 Å². The summed E-state index contributed by atoms with van der Waals surface area (Å²) in [5.41, 5.74) is 0. The Morgan fingerprint density at radius 1 is 1.43 bits per heavy atom. The van der Waals surface area contributed by atoms with Crippen molar-refractivity contribution in [2.75, 3.05) is 4.61 Å². The Morgan fingerprint density at radius 3 is 2.00 bits per heavy atom. The molecular weight excluding hydrogens is 309 g/mol. The third kappa shape index (κ3) is 22.7. The second-order valence-electron chi connectivity index (χ2n) is 1.23. The van der Waals surface area contributed by atoms with Gasteiger partial charge in [-0.3, -0.25) is 4.89 Å². The Bertz CT molecular complexity index is 162. The quantitative estimate of drug-likeness (QED) is 0.115. The van der Waals surface area contributed by atoms with Crippen LogP contribution in [0.2, 0.25) is 0 Å². The van der Waals surface area contributed by atoms with Gasteiger partial charge in [0.15, 0.2) is 0 Å². The zero-order chi connectivity index (χ0) is 10.9. The van der Waals surface area contributed by atoms with E-state index >= 15 is 0 Å². The first-order valence-electron chi connectivity index (χ1n) is 2.56. The average Bonchev–Trinajstić information content (AvgIpc) is 1.98. The van der Waals surface area contributed by atoms with Crippen LogP contribution in [0.4, 0.5) is 0 Å². The molecule has 0 bridgehead atoms. The van der Waals surface area contributed by atoms with Crippen LogP contribution in [0.15, 0.2) is 0 Å². The Kier molecular flexibility index (Phi) is 18.5. The van der Waals surface area contributed by atoms with E-state index in [0.717, 1.165) is 0 Å². The van der Waals surface area contributed by atoms with E-state index in [4.69, 9.17) is 20.2 Å². The minimum Gasteiger partial charge on any atom is -0.832 e. The topological polar surface area (TPSA) is 136 Å². The molecule has 0 amide bonds. The maximum absolute atomic E-state index is 9.95. The monoisotopic (exact) mass is 314 g/mol. The molecule has 8 nitrogen and oxygen atoms in total. The largest absolute Gasteiger partial charge is 1.00 e. The van der Waals surface area contributed by atoms with Crippen molar-refractivity contribution in [3.63, 3.8) is 0 Å². The van der Waals surface area contributed by atoms with Gasteiger partial charge in [-0.1, -0.05) is 22.6 Å². The zero-order valence-electron chi connectivity index (χ0n) is 7.05. The van der Waals surface area contributed by atoms with E-state index in [1.807, 2.05) is 0 Å². The summed E-state index contributed by atoms with van der Waals surface area (Å²) in [6.45, 7) is 0. The van der Waals surface area contributed by atoms with E-state index in [1.54, 1.807) is 22.6 Å². The molecule has 0 aromatic heterocycles. The van der Waals surface area contributed by atoms with Gasteiger partial charge in [-0.25, -0.2) is 9.59 Å². The van der Waals surface area contributed by atoms with Crippen LogP contribution >= 0.6 is 22.6 Å². The third-order valence-electron chi connectivity index (χ3n) is 0.354. The summed E-state index contributed by atoms with van der Waals surface area (Å²) < 4.78 is 0.108. The third-order valence-corrected chi connectivity index (χ3v) is 0.608. The summed E-state index contributed by atoms with van der Waals surface area (Å²) in [5, 5.41) is 30.6. The number of carbonyl (C=O) groups excluding carboxylic acids is 1. The molecule has 0 aromatic rings. The molecule has 76 valence electrons. The summed E-state index contributed by atoms with van der Waals surface area (Å²) in [6, 6.07) is 0. The first kappa shape index (κ1) is 19.7. The van der Waals surface area contributed by atoms with E-state index in [9.17, 15) is 9.59 Å². The van der Waals surface area contributed by atoms with E-state index in [1.165, 1.54) is 0 Å². The van der Waals surface area contributed by atoms with Gasteiger partial charge < -0.3 is 20.2 Å². The van der Waals surface area contributed by atoms with Gasteiger partial charge in [0.25, 0.3) is 0 Å². The molecule has 0 saturated heterocycles. The van der Waals surface area contributed by atoms with Gasteiger partial charge in [0.05, 0.1) is 0 Å². The first-order valence-corrected chi connectivity index (χ1v) is 4.09. The Labute approximate surface area is 105 Å². The van der Waals surface area contributed by atoms with Crippen molar-refractivity contribution in [1.82, 2.24) is 0 Å². The molecule has 0 aliphatic heterocycles. The number of rotatable bonds is 2. The van der Waals surface area contributed by atoms with Crippen LogP contribution in [-0.2, 0) is 19.4 Å². The number of alkyl halides is 1. The van der Waals surface area contributed by atoms with E-state index < -0.39 is 19.3 Å². The molecule has 0 heterocycles. The normalized spacial score (nSPS) is 7.43. The fourth-order valence-electron chi connectivity index (χ4n) is 0.111. The van der Waals surface area contributed by atoms with Crippen molar-refractivity contribution in [1.29, 1.82) is 0 Å². The van der Waals surface area contributed by atoms with Crippen molar-refractivity contribution in [2.45, 2.75) is 0 Å². The zero-order valence-corrected chi connectivity index (χ0v) is 9.20. The number of carbonyl (C=O) groups is 2. The number of carboxylic acid groups (broad SMARTS) is 1. The Morgan fingerprint density at radius 2 is 1.79 bits per heavy atom. The molecule has 0 aromatic carbocycles. The molecule has 11 heteroatoms. The van der Waals surface area contributed by atoms with Crippen molar-refractivity contribution >= 4 is 41.9 Å². The summed E-state index contributed by atoms with van der Waals surface area (Å²) in [6.07, 6.45) is 0. The van der Waals surface area contributed by atoms with Gasteiger partial charge >= 0.3 is 38.1 Å². The molecule has 0 spiro atoms. The Hall–Kier alpha value is 0.172. The molecule has 3 N–H and O–H groups in total. The minimum absolute atomic E-state index is 0. The fourth-order valence-corrected chi connectivity index (χ4v) is 0.239. The minimum atomic E-state index is -2.42. The molecule has 14 heavy (non-hydrogen) atoms. The summed E-state index contributed by atoms with van der Waals surface area (Å²) in [4.78, 5) is 27.3. The predicted molar refractivity (Wildman–Crippen MR) is 43.9 cm³/mol. The van der Waals surface area contributed by atoms with Crippen molar-refractivity contribution in [3.05, 3.63) is 0 Å². The number of carboxylic acids is 1. The first-order chi connectivity index (χ1) is 5.91. The SMILES string of the molecule is O=C(O)C(=O)OOCI.[Li+].[O-]B(O)O. The predicted octanol–water partition coefficient (Wildman–Crippen LogP) is -5.74. The molecule has 0 aliphatic carbocycles. The van der Waals surface area contributed by atoms with Crippen LogP contribution in [0.5, 0.6) is 0 Å². The van der Waals surface area contributed by atoms with Crippen molar-refractivity contribution in [3.8, 4) is 0 Å². The van der Waals surface area contributed by atoms with Crippen LogP contribution < -0.4 is 23.9 Å². The van der Waals surface area contributed by atoms with Crippen LogP contribution in [0.25, 0.3) is 0 Å². The summed E-state index contributed by atoms with van der Waals surface area (Å²) >= 11 is 1.75. The molecule has 0 atom stereocenters. The van der Waals surface area contributed by atoms with Crippen LogP contribution in [0.1, 0.15) is 0 Å². The molecule has 0 saturated carbocycles. The van der Waals surface area contributed by atoms with Gasteiger partial charge in [0, 0.05) is 0 Å².